The molecule has 1 heterocycles. The van der Waals surface area contributed by atoms with Crippen molar-refractivity contribution in [3.8, 4) is 0 Å². The second-order valence-corrected chi connectivity index (χ2v) is 4.33. The zero-order valence-corrected chi connectivity index (χ0v) is 9.81. The summed E-state index contributed by atoms with van der Waals surface area (Å²) in [6, 6.07) is 16.7. The van der Waals surface area contributed by atoms with Gasteiger partial charge in [-0.2, -0.15) is 5.10 Å². The van der Waals surface area contributed by atoms with E-state index in [-0.39, 0.29) is 11.7 Å². The van der Waals surface area contributed by atoms with Gasteiger partial charge in [-0.1, -0.05) is 42.5 Å². The summed E-state index contributed by atoms with van der Waals surface area (Å²) in [5.74, 6) is 0.0122. The van der Waals surface area contributed by atoms with Crippen molar-refractivity contribution in [3.05, 3.63) is 71.5 Å². The van der Waals surface area contributed by atoms with Crippen LogP contribution in [0.25, 0.3) is 0 Å². The molecule has 2 aromatic carbocycles. The fourth-order valence-corrected chi connectivity index (χ4v) is 2.24. The Morgan fingerprint density at radius 1 is 1.00 bits per heavy atom. The molecule has 3 rings (SSSR count). The first-order valence-electron chi connectivity index (χ1n) is 5.96. The maximum absolute atomic E-state index is 12.9. The zero-order chi connectivity index (χ0) is 12.4. The number of benzene rings is 2. The van der Waals surface area contributed by atoms with Crippen molar-refractivity contribution >= 4 is 5.71 Å². The number of halogens is 1. The molecule has 1 aliphatic rings. The maximum atomic E-state index is 12.9. The summed E-state index contributed by atoms with van der Waals surface area (Å²) in [7, 11) is 0. The lowest BCUT2D eigenvalue weighted by atomic mass is 9.91. The van der Waals surface area contributed by atoms with E-state index < -0.39 is 0 Å². The molecule has 2 aromatic rings. The first kappa shape index (κ1) is 11.0. The first-order valence-corrected chi connectivity index (χ1v) is 5.96. The number of hydrogen-bond donors (Lipinski definition) is 1. The monoisotopic (exact) mass is 240 g/mol. The van der Waals surface area contributed by atoms with E-state index in [0.717, 1.165) is 17.8 Å². The Morgan fingerprint density at radius 3 is 2.44 bits per heavy atom. The predicted octanol–water partition coefficient (Wildman–Crippen LogP) is 2.92. The van der Waals surface area contributed by atoms with Crippen LogP contribution < -0.4 is 5.43 Å². The van der Waals surface area contributed by atoms with Crippen molar-refractivity contribution in [3.63, 3.8) is 0 Å². The Kier molecular flexibility index (Phi) is 2.81. The van der Waals surface area contributed by atoms with Crippen molar-refractivity contribution in [2.24, 2.45) is 5.10 Å². The summed E-state index contributed by atoms with van der Waals surface area (Å²) in [6.45, 7) is 0.788. The molecule has 0 saturated heterocycles. The molecule has 1 aliphatic heterocycles. The summed E-state index contributed by atoms with van der Waals surface area (Å²) >= 11 is 0. The van der Waals surface area contributed by atoms with E-state index >= 15 is 0 Å². The van der Waals surface area contributed by atoms with Gasteiger partial charge < -0.3 is 5.43 Å². The van der Waals surface area contributed by atoms with Crippen LogP contribution >= 0.6 is 0 Å². The molecule has 1 N–H and O–H groups in total. The van der Waals surface area contributed by atoms with Gasteiger partial charge in [-0.3, -0.25) is 0 Å². The lowest BCUT2D eigenvalue weighted by Gasteiger charge is -2.12. The van der Waals surface area contributed by atoms with Gasteiger partial charge >= 0.3 is 0 Å². The summed E-state index contributed by atoms with van der Waals surface area (Å²) in [4.78, 5) is 0. The molecule has 1 atom stereocenters. The third-order valence-corrected chi connectivity index (χ3v) is 3.17. The highest BCUT2D eigenvalue weighted by Crippen LogP contribution is 2.24. The third kappa shape index (κ3) is 1.99. The van der Waals surface area contributed by atoms with Crippen molar-refractivity contribution in [2.75, 3.05) is 6.54 Å². The zero-order valence-electron chi connectivity index (χ0n) is 9.81. The normalized spacial score (nSPS) is 18.3. The molecule has 0 saturated carbocycles. The summed E-state index contributed by atoms with van der Waals surface area (Å²) in [5, 5.41) is 4.34. The SMILES string of the molecule is Fc1ccc(C2=NNC[C@@H]2c2ccccc2)cc1. The molecule has 0 fully saturated rings. The second kappa shape index (κ2) is 4.61. The average molecular weight is 240 g/mol. The van der Waals surface area contributed by atoms with Crippen molar-refractivity contribution in [1.82, 2.24) is 5.43 Å². The minimum Gasteiger partial charge on any atom is -0.309 e. The highest BCUT2D eigenvalue weighted by molar-refractivity contribution is 6.06. The highest BCUT2D eigenvalue weighted by Gasteiger charge is 2.24. The molecule has 0 spiro atoms. The maximum Gasteiger partial charge on any atom is 0.123 e. The molecule has 0 bridgehead atoms. The Bertz CT molecular complexity index is 561. The van der Waals surface area contributed by atoms with E-state index in [1.807, 2.05) is 18.2 Å². The number of hydrogen-bond acceptors (Lipinski definition) is 2. The molecule has 3 heteroatoms. The van der Waals surface area contributed by atoms with Gasteiger partial charge in [0.05, 0.1) is 5.71 Å². The first-order chi connectivity index (χ1) is 8.84. The van der Waals surface area contributed by atoms with Crippen LogP contribution in [0, 0.1) is 5.82 Å². The van der Waals surface area contributed by atoms with Gasteiger partial charge in [-0.05, 0) is 23.3 Å². The van der Waals surface area contributed by atoms with Crippen molar-refractivity contribution in [2.45, 2.75) is 5.92 Å². The standard InChI is InChI=1S/C15H13FN2/c16-13-8-6-12(7-9-13)15-14(10-17-18-15)11-4-2-1-3-5-11/h1-9,14,17H,10H2/t14-/m1/s1. The number of hydrazone groups is 1. The molecular formula is C15H13FN2. The molecule has 0 unspecified atom stereocenters. The lowest BCUT2D eigenvalue weighted by Crippen LogP contribution is -2.14. The van der Waals surface area contributed by atoms with Gasteiger partial charge in [0.1, 0.15) is 5.82 Å². The minimum absolute atomic E-state index is 0.221. The van der Waals surface area contributed by atoms with E-state index in [9.17, 15) is 4.39 Å². The van der Waals surface area contributed by atoms with E-state index in [4.69, 9.17) is 0 Å². The van der Waals surface area contributed by atoms with E-state index in [1.165, 1.54) is 17.7 Å². The number of rotatable bonds is 2. The van der Waals surface area contributed by atoms with Gasteiger partial charge in [0.25, 0.3) is 0 Å². The average Bonchev–Trinajstić information content (AvgIpc) is 2.90. The Balaban J connectivity index is 1.94. The van der Waals surface area contributed by atoms with Crippen molar-refractivity contribution in [1.29, 1.82) is 0 Å². The van der Waals surface area contributed by atoms with E-state index in [0.29, 0.717) is 0 Å². The van der Waals surface area contributed by atoms with E-state index in [1.54, 1.807) is 12.1 Å². The topological polar surface area (TPSA) is 24.4 Å². The van der Waals surface area contributed by atoms with Gasteiger partial charge in [0, 0.05) is 12.5 Å². The largest absolute Gasteiger partial charge is 0.309 e. The number of nitrogens with one attached hydrogen (secondary N) is 1. The molecular weight excluding hydrogens is 227 g/mol. The lowest BCUT2D eigenvalue weighted by molar-refractivity contribution is 0.627. The van der Waals surface area contributed by atoms with Crippen LogP contribution in [0.15, 0.2) is 59.7 Å². The molecule has 2 nitrogen and oxygen atoms in total. The molecule has 0 radical (unpaired) electrons. The van der Waals surface area contributed by atoms with Crippen LogP contribution in [0.4, 0.5) is 4.39 Å². The van der Waals surface area contributed by atoms with Crippen molar-refractivity contribution < 1.29 is 4.39 Å². The van der Waals surface area contributed by atoms with Crippen LogP contribution in [0.2, 0.25) is 0 Å². The Hall–Kier alpha value is -2.16. The van der Waals surface area contributed by atoms with Gasteiger partial charge in [-0.15, -0.1) is 0 Å². The van der Waals surface area contributed by atoms with Crippen LogP contribution in [-0.4, -0.2) is 12.3 Å². The van der Waals surface area contributed by atoms with Gasteiger partial charge in [0.2, 0.25) is 0 Å². The quantitative estimate of drug-likeness (QED) is 0.857. The Labute approximate surface area is 105 Å². The summed E-state index contributed by atoms with van der Waals surface area (Å²) < 4.78 is 12.9. The molecule has 18 heavy (non-hydrogen) atoms. The minimum atomic E-state index is -0.221. The molecule has 0 aromatic heterocycles. The van der Waals surface area contributed by atoms with Gasteiger partial charge in [-0.25, -0.2) is 4.39 Å². The van der Waals surface area contributed by atoms with Crippen LogP contribution in [-0.2, 0) is 0 Å². The smallest absolute Gasteiger partial charge is 0.123 e. The summed E-state index contributed by atoms with van der Waals surface area (Å²) in [5.41, 5.74) is 6.20. The Morgan fingerprint density at radius 2 is 1.72 bits per heavy atom. The predicted molar refractivity (Wildman–Crippen MR) is 70.1 cm³/mol. The number of nitrogens with zero attached hydrogens (tertiary/aromatic N) is 1. The van der Waals surface area contributed by atoms with Crippen LogP contribution in [0.3, 0.4) is 0 Å². The van der Waals surface area contributed by atoms with Gasteiger partial charge in [0.15, 0.2) is 0 Å². The van der Waals surface area contributed by atoms with Crippen LogP contribution in [0.5, 0.6) is 0 Å². The molecule has 0 aliphatic carbocycles. The second-order valence-electron chi connectivity index (χ2n) is 4.33. The van der Waals surface area contributed by atoms with Crippen LogP contribution in [0.1, 0.15) is 17.0 Å². The summed E-state index contributed by atoms with van der Waals surface area (Å²) in [6.07, 6.45) is 0. The van der Waals surface area contributed by atoms with E-state index in [2.05, 4.69) is 22.7 Å². The third-order valence-electron chi connectivity index (χ3n) is 3.17. The fraction of sp³-hybridized carbons (Fsp3) is 0.133. The molecule has 90 valence electrons. The highest BCUT2D eigenvalue weighted by atomic mass is 19.1. The molecule has 0 amide bonds. The fourth-order valence-electron chi connectivity index (χ4n) is 2.24.